The van der Waals surface area contributed by atoms with Crippen LogP contribution in [-0.2, 0) is 0 Å². The van der Waals surface area contributed by atoms with Crippen LogP contribution in [-0.4, -0.2) is 43.1 Å². The number of pyridine rings is 1. The van der Waals surface area contributed by atoms with Gasteiger partial charge in [0.05, 0.1) is 16.8 Å². The number of para-hydroxylation sites is 1. The van der Waals surface area contributed by atoms with Gasteiger partial charge in [-0.2, -0.15) is 0 Å². The summed E-state index contributed by atoms with van der Waals surface area (Å²) < 4.78 is 0. The summed E-state index contributed by atoms with van der Waals surface area (Å²) in [6, 6.07) is 16.6. The molecule has 0 spiro atoms. The second-order valence-corrected chi connectivity index (χ2v) is 7.72. The van der Waals surface area contributed by atoms with Crippen molar-refractivity contribution in [1.29, 1.82) is 0 Å². The highest BCUT2D eigenvalue weighted by atomic mass is 35.5. The number of anilines is 3. The molecule has 7 heteroatoms. The lowest BCUT2D eigenvalue weighted by atomic mass is 10.1. The van der Waals surface area contributed by atoms with Gasteiger partial charge < -0.3 is 20.9 Å². The largest absolute Gasteiger partial charge is 0.369 e. The second-order valence-electron chi connectivity index (χ2n) is 7.72. The molecule has 30 heavy (non-hydrogen) atoms. The molecule has 0 bridgehead atoms. The number of aromatic nitrogens is 1. The fourth-order valence-corrected chi connectivity index (χ4v) is 3.76. The molecule has 1 saturated heterocycles. The van der Waals surface area contributed by atoms with E-state index < -0.39 is 0 Å². The molecule has 2 heterocycles. The van der Waals surface area contributed by atoms with Gasteiger partial charge in [-0.25, -0.2) is 0 Å². The normalized spacial score (nSPS) is 16.1. The molecule has 0 radical (unpaired) electrons. The molecule has 156 valence electrons. The van der Waals surface area contributed by atoms with Crippen LogP contribution in [0.1, 0.15) is 23.2 Å². The summed E-state index contributed by atoms with van der Waals surface area (Å²) in [5, 5.41) is 11.0. The van der Waals surface area contributed by atoms with Crippen molar-refractivity contribution < 1.29 is 4.79 Å². The molecule has 2 aliphatic rings. The summed E-state index contributed by atoms with van der Waals surface area (Å²) in [6.45, 7) is 3.91. The van der Waals surface area contributed by atoms with Crippen molar-refractivity contribution in [3.63, 3.8) is 0 Å². The first-order chi connectivity index (χ1) is 14.3. The molecule has 1 aromatic heterocycles. The number of fused-ring (bicyclic) bond motifs is 1. The summed E-state index contributed by atoms with van der Waals surface area (Å²) in [5.74, 6) is -0.0621. The standard InChI is InChI=1S/C23H25N5O.ClH/c29-23(27-17-6-7-17)20-15-25-21-9-8-18(28-12-10-24-11-13-28)14-19(21)22(20)26-16-4-2-1-3-5-16;/h1-5,8-9,14-15,17,24H,6-7,10-13H2,(H,25,26)(H,27,29);1H. The van der Waals surface area contributed by atoms with Crippen molar-refractivity contribution in [2.75, 3.05) is 36.4 Å². The van der Waals surface area contributed by atoms with E-state index in [4.69, 9.17) is 0 Å². The monoisotopic (exact) mass is 423 g/mol. The highest BCUT2D eigenvalue weighted by Gasteiger charge is 2.26. The van der Waals surface area contributed by atoms with Crippen molar-refractivity contribution in [2.45, 2.75) is 18.9 Å². The van der Waals surface area contributed by atoms with Gasteiger partial charge >= 0.3 is 0 Å². The van der Waals surface area contributed by atoms with E-state index in [-0.39, 0.29) is 18.3 Å². The zero-order chi connectivity index (χ0) is 19.6. The number of hydrogen-bond donors (Lipinski definition) is 3. The number of rotatable bonds is 5. The molecular weight excluding hydrogens is 398 g/mol. The third-order valence-electron chi connectivity index (χ3n) is 5.53. The number of nitrogens with one attached hydrogen (secondary N) is 3. The lowest BCUT2D eigenvalue weighted by Crippen LogP contribution is -2.43. The van der Waals surface area contributed by atoms with Crippen molar-refractivity contribution in [3.8, 4) is 0 Å². The third kappa shape index (κ3) is 4.35. The SMILES string of the molecule is Cl.O=C(NC1CC1)c1cnc2ccc(N3CCNCC3)cc2c1Nc1ccccc1. The summed E-state index contributed by atoms with van der Waals surface area (Å²) >= 11 is 0. The van der Waals surface area contributed by atoms with Crippen LogP contribution < -0.4 is 20.9 Å². The van der Waals surface area contributed by atoms with E-state index in [1.54, 1.807) is 6.20 Å². The zero-order valence-electron chi connectivity index (χ0n) is 16.7. The molecule has 2 fully saturated rings. The summed E-state index contributed by atoms with van der Waals surface area (Å²) in [7, 11) is 0. The van der Waals surface area contributed by atoms with Gasteiger partial charge in [-0.05, 0) is 43.2 Å². The van der Waals surface area contributed by atoms with E-state index in [1.807, 2.05) is 36.4 Å². The Bertz CT molecular complexity index is 1030. The topological polar surface area (TPSA) is 69.3 Å². The highest BCUT2D eigenvalue weighted by molar-refractivity contribution is 6.08. The maximum atomic E-state index is 12.9. The summed E-state index contributed by atoms with van der Waals surface area (Å²) in [5.41, 5.74) is 4.40. The number of carbonyl (C=O) groups excluding carboxylic acids is 1. The molecule has 5 rings (SSSR count). The summed E-state index contributed by atoms with van der Waals surface area (Å²) in [6.07, 6.45) is 3.80. The Balaban J connectivity index is 0.00000218. The van der Waals surface area contributed by atoms with Crippen molar-refractivity contribution in [3.05, 3.63) is 60.3 Å². The molecule has 0 unspecified atom stereocenters. The predicted octanol–water partition coefficient (Wildman–Crippen LogP) is 3.70. The molecule has 0 atom stereocenters. The van der Waals surface area contributed by atoms with Crippen molar-refractivity contribution in [1.82, 2.24) is 15.6 Å². The number of halogens is 1. The van der Waals surface area contributed by atoms with Gasteiger partial charge in [-0.1, -0.05) is 18.2 Å². The van der Waals surface area contributed by atoms with Crippen LogP contribution in [0.2, 0.25) is 0 Å². The minimum atomic E-state index is -0.0621. The van der Waals surface area contributed by atoms with Gasteiger partial charge in [-0.15, -0.1) is 12.4 Å². The quantitative estimate of drug-likeness (QED) is 0.583. The minimum absolute atomic E-state index is 0. The lowest BCUT2D eigenvalue weighted by Gasteiger charge is -2.29. The van der Waals surface area contributed by atoms with Crippen LogP contribution in [0.5, 0.6) is 0 Å². The van der Waals surface area contributed by atoms with E-state index >= 15 is 0 Å². The predicted molar refractivity (Wildman–Crippen MR) is 124 cm³/mol. The Morgan fingerprint density at radius 1 is 1.07 bits per heavy atom. The van der Waals surface area contributed by atoms with Crippen LogP contribution in [0.4, 0.5) is 17.1 Å². The number of hydrogen-bond acceptors (Lipinski definition) is 5. The average Bonchev–Trinajstić information content (AvgIpc) is 3.59. The van der Waals surface area contributed by atoms with Crippen LogP contribution >= 0.6 is 12.4 Å². The molecule has 1 aliphatic carbocycles. The molecular formula is C23H26ClN5O. The Labute approximate surface area is 182 Å². The van der Waals surface area contributed by atoms with Crippen LogP contribution in [0.3, 0.4) is 0 Å². The maximum absolute atomic E-state index is 12.9. The molecule has 1 saturated carbocycles. The van der Waals surface area contributed by atoms with Crippen molar-refractivity contribution >= 4 is 46.3 Å². The Morgan fingerprint density at radius 3 is 2.57 bits per heavy atom. The van der Waals surface area contributed by atoms with E-state index in [0.717, 1.165) is 67.0 Å². The number of nitrogens with zero attached hydrogens (tertiary/aromatic N) is 2. The van der Waals surface area contributed by atoms with Crippen LogP contribution in [0.25, 0.3) is 10.9 Å². The lowest BCUT2D eigenvalue weighted by molar-refractivity contribution is 0.0951. The minimum Gasteiger partial charge on any atom is -0.369 e. The average molecular weight is 424 g/mol. The number of piperazine rings is 1. The van der Waals surface area contributed by atoms with Gasteiger partial charge in [-0.3, -0.25) is 9.78 Å². The number of benzene rings is 2. The van der Waals surface area contributed by atoms with Gasteiger partial charge in [0, 0.05) is 55.2 Å². The second kappa shape index (κ2) is 8.90. The van der Waals surface area contributed by atoms with Gasteiger partial charge in [0.25, 0.3) is 5.91 Å². The Kier molecular flexibility index (Phi) is 6.06. The Hall–Kier alpha value is -2.83. The van der Waals surface area contributed by atoms with Crippen LogP contribution in [0.15, 0.2) is 54.7 Å². The molecule has 1 aliphatic heterocycles. The van der Waals surface area contributed by atoms with Crippen LogP contribution in [0, 0.1) is 0 Å². The number of amides is 1. The maximum Gasteiger partial charge on any atom is 0.255 e. The van der Waals surface area contributed by atoms with E-state index in [9.17, 15) is 4.79 Å². The highest BCUT2D eigenvalue weighted by Crippen LogP contribution is 2.33. The van der Waals surface area contributed by atoms with E-state index in [0.29, 0.717) is 11.6 Å². The first-order valence-corrected chi connectivity index (χ1v) is 10.3. The van der Waals surface area contributed by atoms with E-state index in [2.05, 4.69) is 38.0 Å². The van der Waals surface area contributed by atoms with E-state index in [1.165, 1.54) is 0 Å². The van der Waals surface area contributed by atoms with Gasteiger partial charge in [0.15, 0.2) is 0 Å². The fourth-order valence-electron chi connectivity index (χ4n) is 3.76. The number of carbonyl (C=O) groups is 1. The smallest absolute Gasteiger partial charge is 0.255 e. The zero-order valence-corrected chi connectivity index (χ0v) is 17.5. The summed E-state index contributed by atoms with van der Waals surface area (Å²) in [4.78, 5) is 19.9. The molecule has 1 amide bonds. The first kappa shape index (κ1) is 20.4. The van der Waals surface area contributed by atoms with Crippen molar-refractivity contribution in [2.24, 2.45) is 0 Å². The van der Waals surface area contributed by atoms with Gasteiger partial charge in [0.2, 0.25) is 0 Å². The molecule has 6 nitrogen and oxygen atoms in total. The molecule has 3 aromatic rings. The fraction of sp³-hybridized carbons (Fsp3) is 0.304. The molecule has 2 aromatic carbocycles. The Morgan fingerprint density at radius 2 is 1.83 bits per heavy atom. The van der Waals surface area contributed by atoms with Gasteiger partial charge in [0.1, 0.15) is 0 Å². The first-order valence-electron chi connectivity index (χ1n) is 10.3. The third-order valence-corrected chi connectivity index (χ3v) is 5.53. The molecule has 3 N–H and O–H groups in total.